The first-order chi connectivity index (χ1) is 15.0. The average Bonchev–Trinajstić information content (AvgIpc) is 3.22. The summed E-state index contributed by atoms with van der Waals surface area (Å²) in [5, 5.41) is 2.79. The highest BCUT2D eigenvalue weighted by Crippen LogP contribution is 2.34. The Morgan fingerprint density at radius 3 is 2.68 bits per heavy atom. The Kier molecular flexibility index (Phi) is 6.53. The van der Waals surface area contributed by atoms with Crippen LogP contribution >= 0.6 is 0 Å². The number of nitrogen functional groups attached to an aromatic ring is 1. The summed E-state index contributed by atoms with van der Waals surface area (Å²) >= 11 is 0. The molecule has 1 aromatic heterocycles. The van der Waals surface area contributed by atoms with Gasteiger partial charge in [0.15, 0.2) is 11.6 Å². The van der Waals surface area contributed by atoms with Crippen LogP contribution in [0, 0.1) is 0 Å². The molecule has 1 saturated heterocycles. The molecule has 2 aromatic rings. The van der Waals surface area contributed by atoms with E-state index in [1.165, 1.54) is 18.4 Å². The number of hydrogen-bond donors (Lipinski definition) is 2. The lowest BCUT2D eigenvalue weighted by molar-refractivity contribution is -0.115. The van der Waals surface area contributed by atoms with Crippen LogP contribution in [-0.4, -0.2) is 60.2 Å². The number of benzene rings is 1. The van der Waals surface area contributed by atoms with Crippen molar-refractivity contribution in [2.45, 2.75) is 39.0 Å². The molecule has 1 atom stereocenters. The number of likely N-dealkylation sites (tertiary alicyclic amines) is 1. The molecule has 1 unspecified atom stereocenters. The number of nitrogens with two attached hydrogens (primary N) is 1. The van der Waals surface area contributed by atoms with Crippen molar-refractivity contribution in [3.63, 3.8) is 0 Å². The summed E-state index contributed by atoms with van der Waals surface area (Å²) in [5.74, 6) is 0.611. The number of carbonyl (C=O) groups is 1. The van der Waals surface area contributed by atoms with Crippen LogP contribution in [-0.2, 0) is 22.6 Å². The maximum atomic E-state index is 12.3. The molecule has 31 heavy (non-hydrogen) atoms. The predicted molar refractivity (Wildman–Crippen MR) is 119 cm³/mol. The third-order valence-electron chi connectivity index (χ3n) is 5.47. The molecule has 9 nitrogen and oxygen atoms in total. The standard InChI is InChI=1S/C22H30N6O3/c1-15(14-30-2)31-22-25-20(23)19-21(26-22)28(13-18(29)24-19)12-17-7-5-6-16(10-17)11-27-8-3-4-9-27/h5-7,10,15H,3-4,8-9,11-14H2,1-2H3,(H,24,29)(H2,23,25,26). The van der Waals surface area contributed by atoms with E-state index in [1.54, 1.807) is 7.11 Å². The Morgan fingerprint density at radius 2 is 1.94 bits per heavy atom. The molecule has 0 saturated carbocycles. The number of ether oxygens (including phenoxy) is 2. The van der Waals surface area contributed by atoms with Crippen LogP contribution in [0.15, 0.2) is 24.3 Å². The van der Waals surface area contributed by atoms with E-state index in [0.717, 1.165) is 25.2 Å². The molecule has 1 amide bonds. The second-order valence-electron chi connectivity index (χ2n) is 8.18. The minimum atomic E-state index is -0.226. The zero-order valence-corrected chi connectivity index (χ0v) is 18.1. The van der Waals surface area contributed by atoms with Crippen molar-refractivity contribution >= 4 is 23.2 Å². The van der Waals surface area contributed by atoms with Gasteiger partial charge < -0.3 is 25.4 Å². The molecule has 166 valence electrons. The van der Waals surface area contributed by atoms with Gasteiger partial charge in [-0.1, -0.05) is 24.3 Å². The van der Waals surface area contributed by atoms with Gasteiger partial charge >= 0.3 is 6.01 Å². The Labute approximate surface area is 182 Å². The molecule has 1 fully saturated rings. The normalized spacial score (nSPS) is 17.4. The number of rotatable bonds is 8. The summed E-state index contributed by atoms with van der Waals surface area (Å²) in [6.07, 6.45) is 2.32. The lowest BCUT2D eigenvalue weighted by Gasteiger charge is -2.30. The molecular formula is C22H30N6O3. The number of amides is 1. The minimum absolute atomic E-state index is 0.141. The summed E-state index contributed by atoms with van der Waals surface area (Å²) in [5.41, 5.74) is 8.94. The fourth-order valence-corrected chi connectivity index (χ4v) is 4.10. The van der Waals surface area contributed by atoms with Crippen LogP contribution in [0.5, 0.6) is 6.01 Å². The lowest BCUT2D eigenvalue weighted by atomic mass is 10.1. The molecule has 4 rings (SSSR count). The Hall–Kier alpha value is -2.91. The highest BCUT2D eigenvalue weighted by atomic mass is 16.5. The van der Waals surface area contributed by atoms with E-state index in [0.29, 0.717) is 24.7 Å². The van der Waals surface area contributed by atoms with E-state index in [4.69, 9.17) is 15.2 Å². The average molecular weight is 427 g/mol. The Morgan fingerprint density at radius 1 is 1.19 bits per heavy atom. The molecule has 1 aromatic carbocycles. The third-order valence-corrected chi connectivity index (χ3v) is 5.47. The summed E-state index contributed by atoms with van der Waals surface area (Å²) < 4.78 is 10.9. The summed E-state index contributed by atoms with van der Waals surface area (Å²) in [4.78, 5) is 25.4. The fraction of sp³-hybridized carbons (Fsp3) is 0.500. The third kappa shape index (κ3) is 5.23. The molecular weight excluding hydrogens is 396 g/mol. The first-order valence-electron chi connectivity index (χ1n) is 10.7. The Balaban J connectivity index is 1.55. The quantitative estimate of drug-likeness (QED) is 0.661. The molecule has 3 N–H and O–H groups in total. The van der Waals surface area contributed by atoms with E-state index in [9.17, 15) is 4.79 Å². The van der Waals surface area contributed by atoms with Crippen molar-refractivity contribution in [3.05, 3.63) is 35.4 Å². The first kappa shape index (κ1) is 21.3. The number of carbonyl (C=O) groups excluding carboxylic acids is 1. The molecule has 0 aliphatic carbocycles. The van der Waals surface area contributed by atoms with Crippen LogP contribution in [0.4, 0.5) is 17.3 Å². The van der Waals surface area contributed by atoms with Crippen molar-refractivity contribution < 1.29 is 14.3 Å². The van der Waals surface area contributed by atoms with Gasteiger partial charge in [0.25, 0.3) is 0 Å². The van der Waals surface area contributed by atoms with Crippen LogP contribution in [0.25, 0.3) is 0 Å². The number of nitrogens with zero attached hydrogens (tertiary/aromatic N) is 4. The number of methoxy groups -OCH3 is 1. The maximum Gasteiger partial charge on any atom is 0.320 e. The van der Waals surface area contributed by atoms with Crippen molar-refractivity contribution in [2.75, 3.05) is 49.3 Å². The van der Waals surface area contributed by atoms with Gasteiger partial charge in [-0.15, -0.1) is 0 Å². The molecule has 9 heteroatoms. The first-order valence-corrected chi connectivity index (χ1v) is 10.7. The predicted octanol–water partition coefficient (Wildman–Crippen LogP) is 2.03. The maximum absolute atomic E-state index is 12.3. The SMILES string of the molecule is COCC(C)Oc1nc(N)c2c(n1)N(Cc1cccc(CN3CCCC3)c1)CC(=O)N2. The van der Waals surface area contributed by atoms with Gasteiger partial charge in [-0.3, -0.25) is 9.69 Å². The molecule has 0 spiro atoms. The van der Waals surface area contributed by atoms with Crippen LogP contribution in [0.2, 0.25) is 0 Å². The fourth-order valence-electron chi connectivity index (χ4n) is 4.10. The van der Waals surface area contributed by atoms with E-state index in [-0.39, 0.29) is 30.4 Å². The van der Waals surface area contributed by atoms with Gasteiger partial charge in [0, 0.05) is 20.2 Å². The number of fused-ring (bicyclic) bond motifs is 1. The topological polar surface area (TPSA) is 106 Å². The van der Waals surface area contributed by atoms with Crippen LogP contribution in [0.1, 0.15) is 30.9 Å². The van der Waals surface area contributed by atoms with E-state index >= 15 is 0 Å². The molecule has 3 heterocycles. The van der Waals surface area contributed by atoms with Gasteiger partial charge in [-0.05, 0) is 44.0 Å². The van der Waals surface area contributed by atoms with E-state index in [2.05, 4.69) is 44.5 Å². The van der Waals surface area contributed by atoms with Gasteiger partial charge in [-0.2, -0.15) is 9.97 Å². The second-order valence-corrected chi connectivity index (χ2v) is 8.18. The van der Waals surface area contributed by atoms with Crippen LogP contribution < -0.4 is 20.7 Å². The number of nitrogens with one attached hydrogen (secondary N) is 1. The van der Waals surface area contributed by atoms with Gasteiger partial charge in [0.05, 0.1) is 13.2 Å². The zero-order chi connectivity index (χ0) is 21.8. The molecule has 2 aliphatic heterocycles. The Bertz CT molecular complexity index is 931. The zero-order valence-electron chi connectivity index (χ0n) is 18.1. The van der Waals surface area contributed by atoms with Crippen molar-refractivity contribution in [1.82, 2.24) is 14.9 Å². The molecule has 0 bridgehead atoms. The summed E-state index contributed by atoms with van der Waals surface area (Å²) in [7, 11) is 1.61. The van der Waals surface area contributed by atoms with Gasteiger partial charge in [0.1, 0.15) is 11.8 Å². The number of anilines is 3. The summed E-state index contributed by atoms with van der Waals surface area (Å²) in [6.45, 7) is 6.27. The monoisotopic (exact) mass is 426 g/mol. The van der Waals surface area contributed by atoms with Crippen molar-refractivity contribution in [1.29, 1.82) is 0 Å². The van der Waals surface area contributed by atoms with Gasteiger partial charge in [-0.25, -0.2) is 0 Å². The van der Waals surface area contributed by atoms with Crippen LogP contribution in [0.3, 0.4) is 0 Å². The number of aromatic nitrogens is 2. The molecule has 0 radical (unpaired) electrons. The van der Waals surface area contributed by atoms with Crippen molar-refractivity contribution in [3.8, 4) is 6.01 Å². The smallest absolute Gasteiger partial charge is 0.320 e. The number of hydrogen-bond acceptors (Lipinski definition) is 8. The largest absolute Gasteiger partial charge is 0.458 e. The van der Waals surface area contributed by atoms with Gasteiger partial charge in [0.2, 0.25) is 5.91 Å². The highest BCUT2D eigenvalue weighted by Gasteiger charge is 2.28. The van der Waals surface area contributed by atoms with E-state index < -0.39 is 0 Å². The lowest BCUT2D eigenvalue weighted by Crippen LogP contribution is -2.39. The van der Waals surface area contributed by atoms with E-state index in [1.807, 2.05) is 11.8 Å². The minimum Gasteiger partial charge on any atom is -0.458 e. The summed E-state index contributed by atoms with van der Waals surface area (Å²) in [6, 6.07) is 8.67. The molecule has 2 aliphatic rings. The highest BCUT2D eigenvalue weighted by molar-refractivity contribution is 6.03. The van der Waals surface area contributed by atoms with Crippen molar-refractivity contribution in [2.24, 2.45) is 0 Å². The second kappa shape index (κ2) is 9.49.